The number of alkyl halides is 1. The molecular weight excluding hydrogens is 132 g/mol. The molecule has 0 saturated carbocycles. The summed E-state index contributed by atoms with van der Waals surface area (Å²) in [6.45, 7) is 0. The fraction of sp³-hybridized carbons (Fsp3) is 0.333. The highest BCUT2D eigenvalue weighted by Gasteiger charge is 2.01. The lowest BCUT2D eigenvalue weighted by molar-refractivity contribution is 0.219. The topological polar surface area (TPSA) is 9.23 Å². The number of halogens is 1. The summed E-state index contributed by atoms with van der Waals surface area (Å²) in [7, 11) is 0. The lowest BCUT2D eigenvalue weighted by Gasteiger charge is -2.10. The second-order valence-electron chi connectivity index (χ2n) is 0.816. The Morgan fingerprint density at radius 2 is 2.20 bits per heavy atom. The van der Waals surface area contributed by atoms with E-state index in [4.69, 9.17) is 0 Å². The fourth-order valence-electron chi connectivity index (χ4n) is 0.138. The van der Waals surface area contributed by atoms with E-state index in [1.165, 1.54) is 0 Å². The number of hydrogen-bond donors (Lipinski definition) is 0. The third kappa shape index (κ3) is 0.453. The van der Waals surface area contributed by atoms with E-state index in [0.717, 1.165) is 0 Å². The Bertz CT molecular complexity index is 59.9. The normalized spacial score (nSPS) is 31.8. The molecule has 1 rings (SSSR count). The molecule has 0 aromatic rings. The van der Waals surface area contributed by atoms with Crippen LogP contribution in [-0.4, -0.2) is 5.01 Å². The van der Waals surface area contributed by atoms with Gasteiger partial charge in [0.05, 0.1) is 6.26 Å². The Kier molecular flexibility index (Phi) is 0.651. The van der Waals surface area contributed by atoms with Gasteiger partial charge in [0.2, 0.25) is 0 Å². The van der Waals surface area contributed by atoms with Crippen molar-refractivity contribution in [3.63, 3.8) is 0 Å². The maximum atomic E-state index is 4.67. The molecule has 1 unspecified atom stereocenters. The minimum atomic E-state index is 0.197. The van der Waals surface area contributed by atoms with Gasteiger partial charge < -0.3 is 4.74 Å². The van der Waals surface area contributed by atoms with Gasteiger partial charge >= 0.3 is 0 Å². The molecule has 0 aromatic heterocycles. The summed E-state index contributed by atoms with van der Waals surface area (Å²) in [5.41, 5.74) is 0. The van der Waals surface area contributed by atoms with Crippen molar-refractivity contribution < 1.29 is 4.74 Å². The molecule has 1 nitrogen and oxygen atoms in total. The van der Waals surface area contributed by atoms with Crippen LogP contribution in [-0.2, 0) is 4.74 Å². The van der Waals surface area contributed by atoms with Gasteiger partial charge in [-0.15, -0.1) is 0 Å². The van der Waals surface area contributed by atoms with E-state index in [1.54, 1.807) is 6.26 Å². The largest absolute Gasteiger partial charge is 0.483 e. The van der Waals surface area contributed by atoms with Crippen molar-refractivity contribution in [3.05, 3.63) is 12.3 Å². The van der Waals surface area contributed by atoms with Gasteiger partial charge in [-0.05, 0) is 15.9 Å². The molecule has 1 aliphatic rings. The van der Waals surface area contributed by atoms with E-state index < -0.39 is 0 Å². The summed E-state index contributed by atoms with van der Waals surface area (Å²) in [5, 5.41) is 0.197. The van der Waals surface area contributed by atoms with E-state index in [9.17, 15) is 0 Å². The van der Waals surface area contributed by atoms with Gasteiger partial charge in [0, 0.05) is 6.08 Å². The van der Waals surface area contributed by atoms with Crippen LogP contribution in [0.5, 0.6) is 0 Å². The molecule has 1 atom stereocenters. The van der Waals surface area contributed by atoms with Crippen molar-refractivity contribution in [2.75, 3.05) is 0 Å². The third-order valence-corrected chi connectivity index (χ3v) is 0.959. The molecule has 0 aliphatic carbocycles. The Morgan fingerprint density at radius 1 is 1.80 bits per heavy atom. The summed E-state index contributed by atoms with van der Waals surface area (Å²) in [5.74, 6) is 0. The molecule has 0 bridgehead atoms. The molecule has 5 heavy (non-hydrogen) atoms. The summed E-state index contributed by atoms with van der Waals surface area (Å²) < 4.78 is 4.67. The third-order valence-electron chi connectivity index (χ3n) is 0.438. The highest BCUT2D eigenvalue weighted by Crippen LogP contribution is 2.11. The molecule has 0 N–H and O–H groups in total. The highest BCUT2D eigenvalue weighted by molar-refractivity contribution is 9.09. The van der Waals surface area contributed by atoms with Gasteiger partial charge in [0.15, 0.2) is 5.01 Å². The Hall–Kier alpha value is 0.0200. The molecule has 2 heteroatoms. The van der Waals surface area contributed by atoms with E-state index >= 15 is 0 Å². The fourth-order valence-corrected chi connectivity index (χ4v) is 0.387. The molecule has 28 valence electrons. The zero-order chi connectivity index (χ0) is 3.70. The number of hydrogen-bond acceptors (Lipinski definition) is 1. The summed E-state index contributed by atoms with van der Waals surface area (Å²) in [6, 6.07) is 0. The van der Waals surface area contributed by atoms with E-state index in [1.807, 2.05) is 6.08 Å². The maximum absolute atomic E-state index is 4.67. The molecular formula is C3H3BrO. The van der Waals surface area contributed by atoms with Crippen LogP contribution >= 0.6 is 15.9 Å². The second kappa shape index (κ2) is 1.01. The first-order chi connectivity index (χ1) is 2.39. The zero-order valence-corrected chi connectivity index (χ0v) is 4.10. The molecule has 0 aromatic carbocycles. The molecule has 0 amide bonds. The van der Waals surface area contributed by atoms with E-state index in [-0.39, 0.29) is 5.01 Å². The lowest BCUT2D eigenvalue weighted by atomic mass is 10.6. The van der Waals surface area contributed by atoms with Gasteiger partial charge in [-0.25, -0.2) is 0 Å². The average Bonchev–Trinajstić information content (AvgIpc) is 1.30. The standard InChI is InChI=1S/C3H3BrO/c4-3-1-2-5-3/h1-3H. The van der Waals surface area contributed by atoms with Crippen LogP contribution in [0, 0.1) is 0 Å². The van der Waals surface area contributed by atoms with Gasteiger partial charge in [-0.3, -0.25) is 0 Å². The van der Waals surface area contributed by atoms with Crippen LogP contribution in [0.15, 0.2) is 12.3 Å². The molecule has 0 fully saturated rings. The van der Waals surface area contributed by atoms with Gasteiger partial charge in [0.25, 0.3) is 0 Å². The molecule has 0 spiro atoms. The first kappa shape index (κ1) is 3.22. The summed E-state index contributed by atoms with van der Waals surface area (Å²) >= 11 is 3.15. The van der Waals surface area contributed by atoms with Crippen molar-refractivity contribution in [2.24, 2.45) is 0 Å². The monoisotopic (exact) mass is 134 g/mol. The second-order valence-corrected chi connectivity index (χ2v) is 1.72. The van der Waals surface area contributed by atoms with Gasteiger partial charge in [-0.2, -0.15) is 0 Å². The smallest absolute Gasteiger partial charge is 0.173 e. The Balaban J connectivity index is 2.39. The average molecular weight is 135 g/mol. The number of rotatable bonds is 0. The minimum Gasteiger partial charge on any atom is -0.483 e. The Labute approximate surface area is 38.8 Å². The van der Waals surface area contributed by atoms with Crippen molar-refractivity contribution in [2.45, 2.75) is 5.01 Å². The zero-order valence-electron chi connectivity index (χ0n) is 2.52. The van der Waals surface area contributed by atoms with Crippen LogP contribution in [0.25, 0.3) is 0 Å². The minimum absolute atomic E-state index is 0.197. The first-order valence-electron chi connectivity index (χ1n) is 1.36. The van der Waals surface area contributed by atoms with Crippen molar-refractivity contribution in [1.82, 2.24) is 0 Å². The van der Waals surface area contributed by atoms with Crippen LogP contribution in [0.3, 0.4) is 0 Å². The first-order valence-corrected chi connectivity index (χ1v) is 2.27. The highest BCUT2D eigenvalue weighted by atomic mass is 79.9. The molecule has 1 aliphatic heterocycles. The van der Waals surface area contributed by atoms with Crippen LogP contribution in [0.2, 0.25) is 0 Å². The molecule has 0 saturated heterocycles. The van der Waals surface area contributed by atoms with Gasteiger partial charge in [-0.1, -0.05) is 0 Å². The van der Waals surface area contributed by atoms with Crippen LogP contribution < -0.4 is 0 Å². The summed E-state index contributed by atoms with van der Waals surface area (Å²) in [4.78, 5) is 0. The van der Waals surface area contributed by atoms with Gasteiger partial charge in [0.1, 0.15) is 0 Å². The lowest BCUT2D eigenvalue weighted by Crippen LogP contribution is -2.02. The van der Waals surface area contributed by atoms with Crippen molar-refractivity contribution >= 4 is 15.9 Å². The SMILES string of the molecule is BrC1C=CO1. The van der Waals surface area contributed by atoms with Crippen LogP contribution in [0.1, 0.15) is 0 Å². The van der Waals surface area contributed by atoms with E-state index in [2.05, 4.69) is 20.7 Å². The Morgan fingerprint density at radius 3 is 2.20 bits per heavy atom. The predicted octanol–water partition coefficient (Wildman–Crippen LogP) is 1.25. The van der Waals surface area contributed by atoms with Crippen molar-refractivity contribution in [3.8, 4) is 0 Å². The molecule has 0 radical (unpaired) electrons. The quantitative estimate of drug-likeness (QED) is 0.454. The number of ether oxygens (including phenoxy) is 1. The summed E-state index contributed by atoms with van der Waals surface area (Å²) in [6.07, 6.45) is 3.57. The van der Waals surface area contributed by atoms with E-state index in [0.29, 0.717) is 0 Å². The van der Waals surface area contributed by atoms with Crippen LogP contribution in [0.4, 0.5) is 0 Å². The van der Waals surface area contributed by atoms with Crippen molar-refractivity contribution in [1.29, 1.82) is 0 Å². The maximum Gasteiger partial charge on any atom is 0.173 e. The predicted molar refractivity (Wildman–Crippen MR) is 22.9 cm³/mol. The molecule has 1 heterocycles.